The molecule has 6 heteroatoms. The van der Waals surface area contributed by atoms with E-state index >= 15 is 0 Å². The second-order valence-electron chi connectivity index (χ2n) is 6.19. The molecule has 24 heavy (non-hydrogen) atoms. The Hall–Kier alpha value is -2.89. The number of benzene rings is 1. The number of pyridine rings is 1. The topological polar surface area (TPSA) is 79.8 Å². The standard InChI is InChI=1S/C18H18N4O2/c1-22-16-8-4-7-14(13(16)10-19-22)20-18(24)15-9-11-5-2-3-6-12(11)17(23)21-15/h2-3,5-6,9-10,14H,4,7-8H2,1H3,(H,20,24)(H,21,23)/t14-/m0/s1. The normalized spacial score (nSPS) is 16.8. The number of aromatic amines is 1. The molecule has 1 aromatic carbocycles. The van der Waals surface area contributed by atoms with E-state index in [0.29, 0.717) is 5.39 Å². The number of hydrogen-bond acceptors (Lipinski definition) is 3. The van der Waals surface area contributed by atoms with Crippen LogP contribution >= 0.6 is 0 Å². The Bertz CT molecular complexity index is 986. The number of aromatic nitrogens is 3. The molecule has 0 spiro atoms. The Kier molecular flexibility index (Phi) is 3.45. The lowest BCUT2D eigenvalue weighted by Gasteiger charge is -2.23. The number of nitrogens with one attached hydrogen (secondary N) is 2. The zero-order chi connectivity index (χ0) is 16.7. The van der Waals surface area contributed by atoms with Gasteiger partial charge in [-0.15, -0.1) is 0 Å². The summed E-state index contributed by atoms with van der Waals surface area (Å²) in [7, 11) is 1.92. The number of aryl methyl sites for hydroxylation is 1. The number of nitrogens with zero attached hydrogens (tertiary/aromatic N) is 2. The third-order valence-electron chi connectivity index (χ3n) is 4.68. The van der Waals surface area contributed by atoms with E-state index in [-0.39, 0.29) is 23.2 Å². The molecule has 4 rings (SSSR count). The first-order chi connectivity index (χ1) is 11.6. The molecule has 2 N–H and O–H groups in total. The third-order valence-corrected chi connectivity index (χ3v) is 4.68. The predicted molar refractivity (Wildman–Crippen MR) is 90.9 cm³/mol. The van der Waals surface area contributed by atoms with E-state index in [9.17, 15) is 9.59 Å². The van der Waals surface area contributed by atoms with Crippen LogP contribution in [0.1, 0.15) is 40.6 Å². The molecule has 1 amide bonds. The van der Waals surface area contributed by atoms with Gasteiger partial charge < -0.3 is 10.3 Å². The maximum absolute atomic E-state index is 12.6. The first kappa shape index (κ1) is 14.7. The van der Waals surface area contributed by atoms with Gasteiger partial charge in [0, 0.05) is 23.7 Å². The second-order valence-corrected chi connectivity index (χ2v) is 6.19. The van der Waals surface area contributed by atoms with Crippen molar-refractivity contribution in [1.82, 2.24) is 20.1 Å². The zero-order valence-electron chi connectivity index (χ0n) is 13.4. The minimum absolute atomic E-state index is 0.0649. The second kappa shape index (κ2) is 5.63. The molecule has 0 aliphatic heterocycles. The minimum atomic E-state index is -0.264. The van der Waals surface area contributed by atoms with Crippen LogP contribution in [0.3, 0.4) is 0 Å². The van der Waals surface area contributed by atoms with Crippen molar-refractivity contribution in [1.29, 1.82) is 0 Å². The SMILES string of the molecule is Cn1ncc2c1CCC[C@@H]2NC(=O)c1cc2ccccc2c(=O)[nH]1. The van der Waals surface area contributed by atoms with Crippen molar-refractivity contribution in [2.75, 3.05) is 0 Å². The van der Waals surface area contributed by atoms with Crippen LogP contribution in [0.15, 0.2) is 41.3 Å². The summed E-state index contributed by atoms with van der Waals surface area (Å²) in [5, 5.41) is 8.67. The molecule has 0 radical (unpaired) electrons. The van der Waals surface area contributed by atoms with Crippen molar-refractivity contribution in [3.8, 4) is 0 Å². The molecule has 0 unspecified atom stereocenters. The van der Waals surface area contributed by atoms with Gasteiger partial charge in [-0.25, -0.2) is 0 Å². The Balaban J connectivity index is 1.65. The summed E-state index contributed by atoms with van der Waals surface area (Å²) in [6.07, 6.45) is 4.68. The van der Waals surface area contributed by atoms with Crippen molar-refractivity contribution >= 4 is 16.7 Å². The van der Waals surface area contributed by atoms with Gasteiger partial charge in [-0.3, -0.25) is 14.3 Å². The summed E-state index contributed by atoms with van der Waals surface area (Å²) in [6.45, 7) is 0. The van der Waals surface area contributed by atoms with Crippen LogP contribution in [0.2, 0.25) is 0 Å². The van der Waals surface area contributed by atoms with E-state index in [2.05, 4.69) is 15.4 Å². The molecule has 1 aliphatic rings. The highest BCUT2D eigenvalue weighted by Gasteiger charge is 2.25. The number of carbonyl (C=O) groups is 1. The van der Waals surface area contributed by atoms with Crippen molar-refractivity contribution in [2.24, 2.45) is 7.05 Å². The Labute approximate surface area is 138 Å². The van der Waals surface area contributed by atoms with E-state index in [1.807, 2.05) is 36.1 Å². The fourth-order valence-electron chi connectivity index (χ4n) is 3.43. The predicted octanol–water partition coefficient (Wildman–Crippen LogP) is 2.07. The largest absolute Gasteiger partial charge is 0.344 e. The fourth-order valence-corrected chi connectivity index (χ4v) is 3.43. The van der Waals surface area contributed by atoms with Crippen LogP contribution in [0.25, 0.3) is 10.8 Å². The van der Waals surface area contributed by atoms with Crippen LogP contribution in [0.4, 0.5) is 0 Å². The molecule has 0 bridgehead atoms. The van der Waals surface area contributed by atoms with Crippen molar-refractivity contribution < 1.29 is 4.79 Å². The molecule has 2 aromatic heterocycles. The highest BCUT2D eigenvalue weighted by atomic mass is 16.2. The molecular weight excluding hydrogens is 304 g/mol. The highest BCUT2D eigenvalue weighted by molar-refractivity contribution is 5.96. The number of hydrogen-bond donors (Lipinski definition) is 2. The number of H-pyrrole nitrogens is 1. The summed E-state index contributed by atoms with van der Waals surface area (Å²) in [5.41, 5.74) is 2.28. The summed E-state index contributed by atoms with van der Waals surface area (Å²) in [5.74, 6) is -0.264. The average Bonchev–Trinajstić information content (AvgIpc) is 2.97. The first-order valence-corrected chi connectivity index (χ1v) is 8.07. The molecule has 3 aromatic rings. The maximum atomic E-state index is 12.6. The van der Waals surface area contributed by atoms with Crippen LogP contribution < -0.4 is 10.9 Å². The van der Waals surface area contributed by atoms with E-state index < -0.39 is 0 Å². The van der Waals surface area contributed by atoms with E-state index in [1.54, 1.807) is 12.1 Å². The van der Waals surface area contributed by atoms with Gasteiger partial charge in [0.1, 0.15) is 5.69 Å². The minimum Gasteiger partial charge on any atom is -0.344 e. The van der Waals surface area contributed by atoms with Gasteiger partial charge >= 0.3 is 0 Å². The third kappa shape index (κ3) is 2.40. The average molecular weight is 322 g/mol. The summed E-state index contributed by atoms with van der Waals surface area (Å²) < 4.78 is 1.87. The van der Waals surface area contributed by atoms with Crippen molar-refractivity contribution in [3.63, 3.8) is 0 Å². The van der Waals surface area contributed by atoms with Gasteiger partial charge in [0.05, 0.1) is 12.2 Å². The molecule has 1 atom stereocenters. The van der Waals surface area contributed by atoms with Crippen molar-refractivity contribution in [2.45, 2.75) is 25.3 Å². The van der Waals surface area contributed by atoms with Crippen LogP contribution in [-0.2, 0) is 13.5 Å². The lowest BCUT2D eigenvalue weighted by Crippen LogP contribution is -2.32. The number of amides is 1. The smallest absolute Gasteiger partial charge is 0.268 e. The Morgan fingerprint density at radius 3 is 3.08 bits per heavy atom. The first-order valence-electron chi connectivity index (χ1n) is 8.07. The lowest BCUT2D eigenvalue weighted by atomic mass is 9.93. The van der Waals surface area contributed by atoms with Gasteiger partial charge in [-0.05, 0) is 36.8 Å². The molecule has 6 nitrogen and oxygen atoms in total. The Morgan fingerprint density at radius 1 is 1.38 bits per heavy atom. The molecular formula is C18H18N4O2. The monoisotopic (exact) mass is 322 g/mol. The summed E-state index contributed by atoms with van der Waals surface area (Å²) >= 11 is 0. The number of carbonyl (C=O) groups excluding carboxylic acids is 1. The maximum Gasteiger partial charge on any atom is 0.268 e. The molecule has 0 saturated heterocycles. The molecule has 122 valence electrons. The van der Waals surface area contributed by atoms with Crippen molar-refractivity contribution in [3.05, 3.63) is 63.8 Å². The van der Waals surface area contributed by atoms with Gasteiger partial charge in [0.15, 0.2) is 0 Å². The summed E-state index contributed by atoms with van der Waals surface area (Å²) in [6, 6.07) is 8.90. The molecule has 0 fully saturated rings. The number of rotatable bonds is 2. The van der Waals surface area contributed by atoms with Crippen LogP contribution in [0, 0.1) is 0 Å². The fraction of sp³-hybridized carbons (Fsp3) is 0.278. The van der Waals surface area contributed by atoms with E-state index in [1.165, 1.54) is 5.69 Å². The molecule has 2 heterocycles. The van der Waals surface area contributed by atoms with E-state index in [0.717, 1.165) is 30.2 Å². The van der Waals surface area contributed by atoms with Crippen LogP contribution in [-0.4, -0.2) is 20.7 Å². The number of fused-ring (bicyclic) bond motifs is 2. The summed E-state index contributed by atoms with van der Waals surface area (Å²) in [4.78, 5) is 27.4. The molecule has 0 saturated carbocycles. The zero-order valence-corrected chi connectivity index (χ0v) is 13.4. The molecule has 1 aliphatic carbocycles. The quantitative estimate of drug-likeness (QED) is 0.758. The van der Waals surface area contributed by atoms with Gasteiger partial charge in [-0.2, -0.15) is 5.10 Å². The Morgan fingerprint density at radius 2 is 2.21 bits per heavy atom. The van der Waals surface area contributed by atoms with Crippen LogP contribution in [0.5, 0.6) is 0 Å². The van der Waals surface area contributed by atoms with E-state index in [4.69, 9.17) is 0 Å². The highest BCUT2D eigenvalue weighted by Crippen LogP contribution is 2.29. The lowest BCUT2D eigenvalue weighted by molar-refractivity contribution is 0.0927. The van der Waals surface area contributed by atoms with Gasteiger partial charge in [0.2, 0.25) is 0 Å². The van der Waals surface area contributed by atoms with Gasteiger partial charge in [-0.1, -0.05) is 18.2 Å². The van der Waals surface area contributed by atoms with Gasteiger partial charge in [0.25, 0.3) is 11.5 Å².